The molecule has 1 aromatic carbocycles. The molecule has 1 aromatic rings. The van der Waals surface area contributed by atoms with Crippen LogP contribution in [0.1, 0.15) is 18.4 Å². The van der Waals surface area contributed by atoms with Crippen LogP contribution in [0.25, 0.3) is 0 Å². The number of ether oxygens (including phenoxy) is 2. The van der Waals surface area contributed by atoms with Gasteiger partial charge in [-0.2, -0.15) is 0 Å². The molecular weight excluding hydrogens is 202 g/mol. The zero-order valence-corrected chi connectivity index (χ0v) is 9.74. The van der Waals surface area contributed by atoms with Gasteiger partial charge in [-0.05, 0) is 30.5 Å². The van der Waals surface area contributed by atoms with E-state index in [-0.39, 0.29) is 0 Å². The highest BCUT2D eigenvalue weighted by Gasteiger charge is 2.19. The van der Waals surface area contributed by atoms with E-state index in [2.05, 4.69) is 11.4 Å². The van der Waals surface area contributed by atoms with E-state index in [4.69, 9.17) is 9.47 Å². The topological polar surface area (TPSA) is 30.5 Å². The molecule has 0 unspecified atom stereocenters. The van der Waals surface area contributed by atoms with Gasteiger partial charge in [0.1, 0.15) is 5.75 Å². The van der Waals surface area contributed by atoms with Crippen molar-refractivity contribution >= 4 is 0 Å². The van der Waals surface area contributed by atoms with Gasteiger partial charge in [-0.3, -0.25) is 0 Å². The average Bonchev–Trinajstić information content (AvgIpc) is 3.13. The van der Waals surface area contributed by atoms with Gasteiger partial charge < -0.3 is 14.8 Å². The normalized spacial score (nSPS) is 15.1. The van der Waals surface area contributed by atoms with Gasteiger partial charge in [0, 0.05) is 12.6 Å². The summed E-state index contributed by atoms with van der Waals surface area (Å²) in [6.07, 6.45) is 2.66. The summed E-state index contributed by atoms with van der Waals surface area (Å²) in [4.78, 5) is 0. The standard InChI is InChI=1S/C13H19NO2/c1-15-13-4-2-3-11(9-13)10-16-8-7-14-12-5-6-12/h2-4,9,12,14H,5-8,10H2,1H3. The zero-order chi connectivity index (χ0) is 11.2. The van der Waals surface area contributed by atoms with Gasteiger partial charge in [-0.1, -0.05) is 12.1 Å². The maximum absolute atomic E-state index is 5.58. The first-order valence-electron chi connectivity index (χ1n) is 5.82. The molecule has 0 aliphatic heterocycles. The molecule has 3 nitrogen and oxygen atoms in total. The van der Waals surface area contributed by atoms with Crippen LogP contribution in [0.2, 0.25) is 0 Å². The summed E-state index contributed by atoms with van der Waals surface area (Å²) in [6, 6.07) is 8.75. The molecule has 1 fully saturated rings. The summed E-state index contributed by atoms with van der Waals surface area (Å²) >= 11 is 0. The van der Waals surface area contributed by atoms with E-state index < -0.39 is 0 Å². The quantitative estimate of drug-likeness (QED) is 0.714. The first kappa shape index (κ1) is 11.4. The third kappa shape index (κ3) is 3.83. The number of benzene rings is 1. The van der Waals surface area contributed by atoms with Crippen LogP contribution in [0.15, 0.2) is 24.3 Å². The number of hydrogen-bond acceptors (Lipinski definition) is 3. The number of nitrogens with one attached hydrogen (secondary N) is 1. The lowest BCUT2D eigenvalue weighted by Crippen LogP contribution is -2.21. The summed E-state index contributed by atoms with van der Waals surface area (Å²) in [6.45, 7) is 2.38. The number of methoxy groups -OCH3 is 1. The maximum atomic E-state index is 5.58. The van der Waals surface area contributed by atoms with E-state index >= 15 is 0 Å². The fourth-order valence-electron chi connectivity index (χ4n) is 1.57. The van der Waals surface area contributed by atoms with E-state index in [1.165, 1.54) is 12.8 Å². The summed E-state index contributed by atoms with van der Waals surface area (Å²) < 4.78 is 10.7. The Hall–Kier alpha value is -1.06. The Kier molecular flexibility index (Phi) is 4.19. The van der Waals surface area contributed by atoms with Gasteiger partial charge in [0.2, 0.25) is 0 Å². The Morgan fingerprint density at radius 1 is 1.38 bits per heavy atom. The lowest BCUT2D eigenvalue weighted by Gasteiger charge is -2.06. The molecule has 0 radical (unpaired) electrons. The second-order valence-corrected chi connectivity index (χ2v) is 4.13. The molecule has 1 saturated carbocycles. The van der Waals surface area contributed by atoms with E-state index in [0.29, 0.717) is 6.61 Å². The molecule has 1 aliphatic carbocycles. The van der Waals surface area contributed by atoms with Crippen LogP contribution in [0.3, 0.4) is 0 Å². The van der Waals surface area contributed by atoms with E-state index in [0.717, 1.165) is 30.5 Å². The van der Waals surface area contributed by atoms with Crippen LogP contribution in [0.4, 0.5) is 0 Å². The Labute approximate surface area is 96.8 Å². The average molecular weight is 221 g/mol. The largest absolute Gasteiger partial charge is 0.497 e. The predicted molar refractivity (Wildman–Crippen MR) is 63.7 cm³/mol. The van der Waals surface area contributed by atoms with Crippen molar-refractivity contribution in [2.24, 2.45) is 0 Å². The molecule has 3 heteroatoms. The molecule has 1 aliphatic rings. The molecule has 0 aromatic heterocycles. The highest BCUT2D eigenvalue weighted by Crippen LogP contribution is 2.18. The van der Waals surface area contributed by atoms with Crippen LogP contribution in [-0.2, 0) is 11.3 Å². The van der Waals surface area contributed by atoms with Gasteiger partial charge in [0.25, 0.3) is 0 Å². The second kappa shape index (κ2) is 5.87. The predicted octanol–water partition coefficient (Wildman–Crippen LogP) is 1.96. The molecule has 0 bridgehead atoms. The van der Waals surface area contributed by atoms with Crippen molar-refractivity contribution in [1.29, 1.82) is 0 Å². The zero-order valence-electron chi connectivity index (χ0n) is 9.74. The SMILES string of the molecule is COc1cccc(COCCNC2CC2)c1. The summed E-state index contributed by atoms with van der Waals surface area (Å²) in [5, 5.41) is 3.42. The van der Waals surface area contributed by atoms with Crippen molar-refractivity contribution < 1.29 is 9.47 Å². The minimum absolute atomic E-state index is 0.656. The molecule has 0 amide bonds. The van der Waals surface area contributed by atoms with Crippen LogP contribution >= 0.6 is 0 Å². The van der Waals surface area contributed by atoms with Crippen molar-refractivity contribution in [2.75, 3.05) is 20.3 Å². The van der Waals surface area contributed by atoms with Crippen molar-refractivity contribution in [2.45, 2.75) is 25.5 Å². The third-order valence-electron chi connectivity index (χ3n) is 2.66. The van der Waals surface area contributed by atoms with Crippen molar-refractivity contribution in [3.63, 3.8) is 0 Å². The van der Waals surface area contributed by atoms with Crippen LogP contribution < -0.4 is 10.1 Å². The van der Waals surface area contributed by atoms with Crippen molar-refractivity contribution in [1.82, 2.24) is 5.32 Å². The van der Waals surface area contributed by atoms with Crippen molar-refractivity contribution in [3.8, 4) is 5.75 Å². The molecular formula is C13H19NO2. The lowest BCUT2D eigenvalue weighted by molar-refractivity contribution is 0.122. The van der Waals surface area contributed by atoms with Crippen LogP contribution in [0, 0.1) is 0 Å². The van der Waals surface area contributed by atoms with Gasteiger partial charge in [0.15, 0.2) is 0 Å². The molecule has 0 spiro atoms. The van der Waals surface area contributed by atoms with E-state index in [9.17, 15) is 0 Å². The van der Waals surface area contributed by atoms with Crippen LogP contribution in [0.5, 0.6) is 5.75 Å². The van der Waals surface area contributed by atoms with Crippen molar-refractivity contribution in [3.05, 3.63) is 29.8 Å². The highest BCUT2D eigenvalue weighted by atomic mass is 16.5. The maximum Gasteiger partial charge on any atom is 0.119 e. The Morgan fingerprint density at radius 3 is 3.00 bits per heavy atom. The fraction of sp³-hybridized carbons (Fsp3) is 0.538. The van der Waals surface area contributed by atoms with Gasteiger partial charge in [0.05, 0.1) is 20.3 Å². The fourth-order valence-corrected chi connectivity index (χ4v) is 1.57. The smallest absolute Gasteiger partial charge is 0.119 e. The number of rotatable bonds is 7. The molecule has 16 heavy (non-hydrogen) atoms. The minimum Gasteiger partial charge on any atom is -0.497 e. The third-order valence-corrected chi connectivity index (χ3v) is 2.66. The molecule has 2 rings (SSSR count). The first-order chi connectivity index (χ1) is 7.88. The van der Waals surface area contributed by atoms with Gasteiger partial charge in [-0.25, -0.2) is 0 Å². The Morgan fingerprint density at radius 2 is 2.25 bits per heavy atom. The molecule has 88 valence electrons. The van der Waals surface area contributed by atoms with Gasteiger partial charge >= 0.3 is 0 Å². The van der Waals surface area contributed by atoms with Crippen LogP contribution in [-0.4, -0.2) is 26.3 Å². The highest BCUT2D eigenvalue weighted by molar-refractivity contribution is 5.27. The first-order valence-corrected chi connectivity index (χ1v) is 5.82. The van der Waals surface area contributed by atoms with E-state index in [1.54, 1.807) is 7.11 Å². The molecule has 1 N–H and O–H groups in total. The Bertz CT molecular complexity index is 323. The second-order valence-electron chi connectivity index (χ2n) is 4.13. The molecule has 0 saturated heterocycles. The number of hydrogen-bond donors (Lipinski definition) is 1. The summed E-state index contributed by atoms with van der Waals surface area (Å²) in [5.74, 6) is 0.886. The summed E-state index contributed by atoms with van der Waals surface area (Å²) in [7, 11) is 1.68. The Balaban J connectivity index is 1.63. The monoisotopic (exact) mass is 221 g/mol. The molecule has 0 atom stereocenters. The summed E-state index contributed by atoms with van der Waals surface area (Å²) in [5.41, 5.74) is 1.16. The van der Waals surface area contributed by atoms with Gasteiger partial charge in [-0.15, -0.1) is 0 Å². The van der Waals surface area contributed by atoms with E-state index in [1.807, 2.05) is 18.2 Å². The molecule has 0 heterocycles. The lowest BCUT2D eigenvalue weighted by atomic mass is 10.2. The minimum atomic E-state index is 0.656.